The Morgan fingerprint density at radius 3 is 2.10 bits per heavy atom. The zero-order valence-corrected chi connectivity index (χ0v) is 14.8. The van der Waals surface area contributed by atoms with Crippen molar-refractivity contribution in [3.8, 4) is 0 Å². The zero-order chi connectivity index (χ0) is 15.6. The maximum atomic E-state index is 12.1. The molecule has 0 radical (unpaired) electrons. The molecular weight excluding hydrogens is 340 g/mol. The summed E-state index contributed by atoms with van der Waals surface area (Å²) in [5.41, 5.74) is 5.75. The van der Waals surface area contributed by atoms with Gasteiger partial charge in [-0.3, -0.25) is 0 Å². The molecule has 0 aromatic carbocycles. The third-order valence-corrected chi connectivity index (χ3v) is 8.48. The van der Waals surface area contributed by atoms with Crippen LogP contribution in [0.4, 0.5) is 0 Å². The van der Waals surface area contributed by atoms with Crippen molar-refractivity contribution in [1.29, 1.82) is 0 Å². The summed E-state index contributed by atoms with van der Waals surface area (Å²) in [5.74, 6) is -0.722. The van der Waals surface area contributed by atoms with E-state index in [-0.39, 0.29) is 16.3 Å². The van der Waals surface area contributed by atoms with Crippen molar-refractivity contribution in [3.05, 3.63) is 0 Å². The lowest BCUT2D eigenvalue weighted by Crippen LogP contribution is -2.51. The van der Waals surface area contributed by atoms with Crippen LogP contribution >= 0.6 is 24.0 Å². The molecule has 20 heavy (non-hydrogen) atoms. The van der Waals surface area contributed by atoms with Crippen molar-refractivity contribution < 1.29 is 16.8 Å². The van der Waals surface area contributed by atoms with Crippen molar-refractivity contribution in [3.63, 3.8) is 0 Å². The molecule has 0 saturated carbocycles. The maximum Gasteiger partial charge on any atom is 0.215 e. The molecule has 0 aliphatic carbocycles. The predicted molar refractivity (Wildman–Crippen MR) is 87.3 cm³/mol. The van der Waals surface area contributed by atoms with Gasteiger partial charge in [0.1, 0.15) is 9.84 Å². The Labute approximate surface area is 130 Å². The molecular formula is C10H20N2O4S4. The topological polar surface area (TPSA) is 97.5 Å². The number of hydrogen-bond donors (Lipinski definition) is 1. The van der Waals surface area contributed by atoms with Crippen LogP contribution in [0.2, 0.25) is 0 Å². The van der Waals surface area contributed by atoms with Crippen LogP contribution in [0, 0.1) is 0 Å². The lowest BCUT2D eigenvalue weighted by molar-refractivity contribution is 0.333. The summed E-state index contributed by atoms with van der Waals surface area (Å²) in [6.45, 7) is 0.647. The number of piperidine rings is 1. The van der Waals surface area contributed by atoms with Gasteiger partial charge in [0, 0.05) is 19.3 Å². The first-order chi connectivity index (χ1) is 9.02. The summed E-state index contributed by atoms with van der Waals surface area (Å²) in [4.78, 5) is 0.401. The quantitative estimate of drug-likeness (QED) is 0.658. The fraction of sp³-hybridized carbons (Fsp3) is 0.900. The molecule has 0 unspecified atom stereocenters. The van der Waals surface area contributed by atoms with E-state index in [1.54, 1.807) is 11.8 Å². The largest absolute Gasteiger partial charge is 0.392 e. The molecule has 0 atom stereocenters. The van der Waals surface area contributed by atoms with Gasteiger partial charge in [-0.1, -0.05) is 12.2 Å². The molecule has 2 N–H and O–H groups in total. The Morgan fingerprint density at radius 2 is 1.75 bits per heavy atom. The van der Waals surface area contributed by atoms with E-state index in [9.17, 15) is 16.8 Å². The Hall–Kier alpha value is 0.1000. The van der Waals surface area contributed by atoms with Gasteiger partial charge in [-0.15, -0.1) is 0 Å². The lowest BCUT2D eigenvalue weighted by Gasteiger charge is -2.39. The molecule has 6 nitrogen and oxygen atoms in total. The van der Waals surface area contributed by atoms with Crippen molar-refractivity contribution in [2.75, 3.05) is 37.1 Å². The monoisotopic (exact) mass is 360 g/mol. The summed E-state index contributed by atoms with van der Waals surface area (Å²) in [7, 11) is -6.83. The van der Waals surface area contributed by atoms with Gasteiger partial charge < -0.3 is 5.73 Å². The molecule has 0 aromatic rings. The van der Waals surface area contributed by atoms with Crippen LogP contribution < -0.4 is 5.73 Å². The highest BCUT2D eigenvalue weighted by Gasteiger charge is 2.39. The molecule has 1 aliphatic heterocycles. The standard InChI is InChI=1S/C10H20N2O4S4/c1-18-10(9(11)17)3-5-12(6-4-10)20(15,16)8-7-19(2,13)14/h3-8H2,1-2H3,(H2,11,17). The number of nitrogens with zero attached hydrogens (tertiary/aromatic N) is 1. The average molecular weight is 361 g/mol. The van der Waals surface area contributed by atoms with Crippen LogP contribution in [-0.4, -0.2) is 68.0 Å². The highest BCUT2D eigenvalue weighted by Crippen LogP contribution is 2.35. The van der Waals surface area contributed by atoms with E-state index in [0.717, 1.165) is 6.26 Å². The lowest BCUT2D eigenvalue weighted by atomic mass is 9.97. The first-order valence-corrected chi connectivity index (χ1v) is 11.3. The van der Waals surface area contributed by atoms with Gasteiger partial charge >= 0.3 is 0 Å². The second-order valence-corrected chi connectivity index (χ2v) is 10.9. The van der Waals surface area contributed by atoms with Crippen LogP contribution in [0.3, 0.4) is 0 Å². The Morgan fingerprint density at radius 1 is 1.25 bits per heavy atom. The minimum atomic E-state index is -3.54. The van der Waals surface area contributed by atoms with Crippen molar-refractivity contribution in [1.82, 2.24) is 4.31 Å². The third kappa shape index (κ3) is 4.55. The van der Waals surface area contributed by atoms with Gasteiger partial charge in [-0.25, -0.2) is 21.1 Å². The molecule has 118 valence electrons. The van der Waals surface area contributed by atoms with E-state index in [1.807, 2.05) is 6.26 Å². The van der Waals surface area contributed by atoms with Crippen molar-refractivity contribution in [2.24, 2.45) is 5.73 Å². The molecule has 1 fully saturated rings. The van der Waals surface area contributed by atoms with Gasteiger partial charge in [0.25, 0.3) is 0 Å². The number of nitrogens with two attached hydrogens (primary N) is 1. The Bertz CT molecular complexity index is 562. The second-order valence-electron chi connectivity index (χ2n) is 4.91. The highest BCUT2D eigenvalue weighted by molar-refractivity contribution is 8.02. The van der Waals surface area contributed by atoms with Gasteiger partial charge in [0.05, 0.1) is 21.2 Å². The number of sulfone groups is 1. The Balaban J connectivity index is 2.71. The third-order valence-electron chi connectivity index (χ3n) is 3.48. The minimum Gasteiger partial charge on any atom is -0.392 e. The molecule has 0 aromatic heterocycles. The van der Waals surface area contributed by atoms with E-state index in [0.29, 0.717) is 30.9 Å². The van der Waals surface area contributed by atoms with Crippen LogP contribution in [0.15, 0.2) is 0 Å². The fourth-order valence-electron chi connectivity index (χ4n) is 2.06. The number of sulfonamides is 1. The van der Waals surface area contributed by atoms with Crippen LogP contribution in [0.1, 0.15) is 12.8 Å². The van der Waals surface area contributed by atoms with E-state index >= 15 is 0 Å². The van der Waals surface area contributed by atoms with E-state index in [4.69, 9.17) is 18.0 Å². The van der Waals surface area contributed by atoms with Crippen molar-refractivity contribution >= 4 is 48.8 Å². The Kier molecular flexibility index (Phi) is 5.87. The number of thioether (sulfide) groups is 1. The molecule has 0 spiro atoms. The first-order valence-electron chi connectivity index (χ1n) is 6.03. The summed E-state index contributed by atoms with van der Waals surface area (Å²) in [6.07, 6.45) is 4.06. The van der Waals surface area contributed by atoms with Gasteiger partial charge in [0.15, 0.2) is 0 Å². The number of hydrogen-bond acceptors (Lipinski definition) is 6. The summed E-state index contributed by atoms with van der Waals surface area (Å²) in [5, 5.41) is 0. The summed E-state index contributed by atoms with van der Waals surface area (Å²) < 4.78 is 47.3. The van der Waals surface area contributed by atoms with E-state index in [2.05, 4.69) is 0 Å². The maximum absolute atomic E-state index is 12.1. The smallest absolute Gasteiger partial charge is 0.215 e. The molecule has 1 heterocycles. The summed E-state index contributed by atoms with van der Waals surface area (Å²) in [6, 6.07) is 0. The minimum absolute atomic E-state index is 0.324. The first kappa shape index (κ1) is 18.1. The SMILES string of the molecule is CSC1(C(N)=S)CCN(S(=O)(=O)CCS(C)(=O)=O)CC1. The molecule has 0 amide bonds. The van der Waals surface area contributed by atoms with E-state index in [1.165, 1.54) is 4.31 Å². The van der Waals surface area contributed by atoms with Crippen molar-refractivity contribution in [2.45, 2.75) is 17.6 Å². The van der Waals surface area contributed by atoms with Gasteiger partial charge in [-0.2, -0.15) is 11.8 Å². The number of rotatable bonds is 6. The van der Waals surface area contributed by atoms with Gasteiger partial charge in [0.2, 0.25) is 10.0 Å². The molecule has 1 aliphatic rings. The van der Waals surface area contributed by atoms with Gasteiger partial charge in [-0.05, 0) is 19.1 Å². The van der Waals surface area contributed by atoms with E-state index < -0.39 is 19.9 Å². The normalized spacial score (nSPS) is 20.7. The average Bonchev–Trinajstić information content (AvgIpc) is 2.35. The molecule has 0 bridgehead atoms. The fourth-order valence-corrected chi connectivity index (χ4v) is 6.36. The highest BCUT2D eigenvalue weighted by atomic mass is 32.2. The molecule has 1 rings (SSSR count). The zero-order valence-electron chi connectivity index (χ0n) is 11.5. The number of thiocarbonyl (C=S) groups is 1. The van der Waals surface area contributed by atoms with Crippen LogP contribution in [0.5, 0.6) is 0 Å². The second kappa shape index (κ2) is 6.47. The molecule has 10 heteroatoms. The molecule has 1 saturated heterocycles. The predicted octanol–water partition coefficient (Wildman–Crippen LogP) is -0.155. The van der Waals surface area contributed by atoms with Crippen LogP contribution in [-0.2, 0) is 19.9 Å². The summed E-state index contributed by atoms with van der Waals surface area (Å²) >= 11 is 6.62. The van der Waals surface area contributed by atoms with Crippen LogP contribution in [0.25, 0.3) is 0 Å².